The monoisotopic (exact) mass is 264 g/mol. The smallest absolute Gasteiger partial charge is 0.276 e. The molecule has 5 heteroatoms. The Hall–Kier alpha value is -1.72. The maximum Gasteiger partial charge on any atom is 0.276 e. The van der Waals surface area contributed by atoms with Crippen molar-refractivity contribution >= 4 is 11.8 Å². The lowest BCUT2D eigenvalue weighted by atomic mass is 10.1. The van der Waals surface area contributed by atoms with Crippen molar-refractivity contribution in [2.75, 3.05) is 13.1 Å². The molecular formula is C14H20N2O3. The molecule has 104 valence electrons. The number of benzene rings is 1. The molecule has 1 aromatic carbocycles. The van der Waals surface area contributed by atoms with E-state index in [9.17, 15) is 15.2 Å². The maximum atomic E-state index is 10.8. The lowest BCUT2D eigenvalue weighted by Gasteiger charge is -2.13. The molecule has 0 saturated carbocycles. The van der Waals surface area contributed by atoms with E-state index in [4.69, 9.17) is 0 Å². The van der Waals surface area contributed by atoms with Crippen molar-refractivity contribution in [3.63, 3.8) is 0 Å². The van der Waals surface area contributed by atoms with Crippen molar-refractivity contribution in [3.8, 4) is 0 Å². The second-order valence-electron chi connectivity index (χ2n) is 4.69. The van der Waals surface area contributed by atoms with Gasteiger partial charge in [-0.3, -0.25) is 10.1 Å². The Morgan fingerprint density at radius 2 is 2.11 bits per heavy atom. The minimum absolute atomic E-state index is 0.0981. The van der Waals surface area contributed by atoms with Gasteiger partial charge in [0, 0.05) is 19.2 Å². The quantitative estimate of drug-likeness (QED) is 0.450. The lowest BCUT2D eigenvalue weighted by molar-refractivity contribution is -0.385. The molecule has 0 aliphatic rings. The summed E-state index contributed by atoms with van der Waals surface area (Å²) in [6.45, 7) is 4.99. The van der Waals surface area contributed by atoms with E-state index in [0.29, 0.717) is 18.7 Å². The van der Waals surface area contributed by atoms with Gasteiger partial charge in [0.05, 0.1) is 16.6 Å². The van der Waals surface area contributed by atoms with E-state index in [0.717, 1.165) is 0 Å². The molecule has 1 atom stereocenters. The first-order valence-corrected chi connectivity index (χ1v) is 6.31. The van der Waals surface area contributed by atoms with Gasteiger partial charge in [-0.25, -0.2) is 0 Å². The predicted molar refractivity (Wildman–Crippen MR) is 75.8 cm³/mol. The van der Waals surface area contributed by atoms with Crippen LogP contribution in [0.5, 0.6) is 0 Å². The molecule has 0 bridgehead atoms. The highest BCUT2D eigenvalue weighted by atomic mass is 16.6. The third-order valence-electron chi connectivity index (χ3n) is 2.82. The van der Waals surface area contributed by atoms with Gasteiger partial charge in [0.15, 0.2) is 0 Å². The molecular weight excluding hydrogens is 244 g/mol. The predicted octanol–water partition coefficient (Wildman–Crippen LogP) is 2.21. The Labute approximate surface area is 113 Å². The SMILES string of the molecule is CC(C)C(O)CNC/C=C/c1ccccc1[N+](=O)[O-]. The number of nitrogens with one attached hydrogen (secondary N) is 1. The molecule has 2 N–H and O–H groups in total. The van der Waals surface area contributed by atoms with Gasteiger partial charge in [-0.15, -0.1) is 0 Å². The Balaban J connectivity index is 2.47. The second-order valence-corrected chi connectivity index (χ2v) is 4.69. The Morgan fingerprint density at radius 1 is 1.42 bits per heavy atom. The summed E-state index contributed by atoms with van der Waals surface area (Å²) in [4.78, 5) is 10.4. The summed E-state index contributed by atoms with van der Waals surface area (Å²) in [5.41, 5.74) is 0.680. The van der Waals surface area contributed by atoms with Gasteiger partial charge in [0.2, 0.25) is 0 Å². The van der Waals surface area contributed by atoms with Gasteiger partial charge in [-0.05, 0) is 12.0 Å². The molecule has 1 aromatic rings. The zero-order valence-electron chi connectivity index (χ0n) is 11.2. The van der Waals surface area contributed by atoms with E-state index in [1.54, 1.807) is 24.3 Å². The summed E-state index contributed by atoms with van der Waals surface area (Å²) >= 11 is 0. The van der Waals surface area contributed by atoms with Crippen LogP contribution in [-0.2, 0) is 0 Å². The second kappa shape index (κ2) is 7.66. The van der Waals surface area contributed by atoms with Crippen molar-refractivity contribution in [3.05, 3.63) is 46.0 Å². The first kappa shape index (κ1) is 15.3. The zero-order valence-corrected chi connectivity index (χ0v) is 11.2. The summed E-state index contributed by atoms with van der Waals surface area (Å²) in [5, 5.41) is 23.5. The number of para-hydroxylation sites is 1. The van der Waals surface area contributed by atoms with Gasteiger partial charge in [-0.2, -0.15) is 0 Å². The van der Waals surface area contributed by atoms with Crippen molar-refractivity contribution in [1.29, 1.82) is 0 Å². The van der Waals surface area contributed by atoms with Crippen molar-refractivity contribution in [2.45, 2.75) is 20.0 Å². The van der Waals surface area contributed by atoms with Crippen LogP contribution in [0.4, 0.5) is 5.69 Å². The molecule has 19 heavy (non-hydrogen) atoms. The summed E-state index contributed by atoms with van der Waals surface area (Å²) in [6, 6.07) is 6.60. The van der Waals surface area contributed by atoms with E-state index in [-0.39, 0.29) is 17.7 Å². The molecule has 0 aliphatic carbocycles. The number of hydrogen-bond acceptors (Lipinski definition) is 4. The van der Waals surface area contributed by atoms with E-state index in [2.05, 4.69) is 5.32 Å². The summed E-state index contributed by atoms with van der Waals surface area (Å²) in [7, 11) is 0. The van der Waals surface area contributed by atoms with Crippen LogP contribution in [0.1, 0.15) is 19.4 Å². The number of nitro benzene ring substituents is 1. The van der Waals surface area contributed by atoms with Crippen molar-refractivity contribution in [1.82, 2.24) is 5.32 Å². The standard InChI is InChI=1S/C14H20N2O3/c1-11(2)14(17)10-15-9-5-7-12-6-3-4-8-13(12)16(18)19/h3-8,11,14-15,17H,9-10H2,1-2H3/b7-5+. The Kier molecular flexibility index (Phi) is 6.18. The highest BCUT2D eigenvalue weighted by molar-refractivity contribution is 5.60. The minimum atomic E-state index is -0.393. The molecule has 0 heterocycles. The molecule has 0 saturated heterocycles. The van der Waals surface area contributed by atoms with Crippen LogP contribution >= 0.6 is 0 Å². The van der Waals surface area contributed by atoms with Crippen LogP contribution in [0.3, 0.4) is 0 Å². The van der Waals surface area contributed by atoms with Gasteiger partial charge >= 0.3 is 0 Å². The molecule has 0 amide bonds. The first-order valence-electron chi connectivity index (χ1n) is 6.31. The van der Waals surface area contributed by atoms with Crippen LogP contribution in [0, 0.1) is 16.0 Å². The summed E-state index contributed by atoms with van der Waals surface area (Å²) < 4.78 is 0. The first-order chi connectivity index (χ1) is 9.02. The fraction of sp³-hybridized carbons (Fsp3) is 0.429. The summed E-state index contributed by atoms with van der Waals surface area (Å²) in [5.74, 6) is 0.215. The van der Waals surface area contributed by atoms with Crippen molar-refractivity contribution in [2.24, 2.45) is 5.92 Å². The van der Waals surface area contributed by atoms with Gasteiger partial charge in [0.1, 0.15) is 0 Å². The summed E-state index contributed by atoms with van der Waals surface area (Å²) in [6.07, 6.45) is 3.15. The fourth-order valence-corrected chi connectivity index (χ4v) is 1.53. The van der Waals surface area contributed by atoms with Gasteiger partial charge < -0.3 is 10.4 Å². The number of nitro groups is 1. The normalized spacial score (nSPS) is 13.1. The maximum absolute atomic E-state index is 10.8. The molecule has 1 unspecified atom stereocenters. The van der Waals surface area contributed by atoms with Crippen LogP contribution in [-0.4, -0.2) is 29.2 Å². The van der Waals surface area contributed by atoms with Crippen LogP contribution in [0.15, 0.2) is 30.3 Å². The largest absolute Gasteiger partial charge is 0.392 e. The molecule has 0 aromatic heterocycles. The van der Waals surface area contributed by atoms with E-state index < -0.39 is 4.92 Å². The number of rotatable bonds is 7. The molecule has 1 rings (SSSR count). The highest BCUT2D eigenvalue weighted by Crippen LogP contribution is 2.18. The van der Waals surface area contributed by atoms with E-state index in [1.165, 1.54) is 6.07 Å². The third kappa shape index (κ3) is 5.19. The van der Waals surface area contributed by atoms with Crippen LogP contribution in [0.25, 0.3) is 6.08 Å². The number of aliphatic hydroxyl groups is 1. The highest BCUT2D eigenvalue weighted by Gasteiger charge is 2.09. The average molecular weight is 264 g/mol. The molecule has 5 nitrogen and oxygen atoms in total. The van der Waals surface area contributed by atoms with Crippen LogP contribution in [0.2, 0.25) is 0 Å². The average Bonchev–Trinajstić information content (AvgIpc) is 2.38. The number of hydrogen-bond donors (Lipinski definition) is 2. The Morgan fingerprint density at radius 3 is 2.74 bits per heavy atom. The minimum Gasteiger partial charge on any atom is -0.392 e. The third-order valence-corrected chi connectivity index (χ3v) is 2.82. The fourth-order valence-electron chi connectivity index (χ4n) is 1.53. The Bertz CT molecular complexity index is 444. The topological polar surface area (TPSA) is 75.4 Å². The van der Waals surface area contributed by atoms with E-state index >= 15 is 0 Å². The van der Waals surface area contributed by atoms with Gasteiger partial charge in [-0.1, -0.05) is 38.1 Å². The van der Waals surface area contributed by atoms with Crippen molar-refractivity contribution < 1.29 is 10.0 Å². The number of nitrogens with zero attached hydrogens (tertiary/aromatic N) is 1. The van der Waals surface area contributed by atoms with Crippen LogP contribution < -0.4 is 5.32 Å². The molecule has 0 fully saturated rings. The van der Waals surface area contributed by atoms with Gasteiger partial charge in [0.25, 0.3) is 5.69 Å². The molecule has 0 aliphatic heterocycles. The van der Waals surface area contributed by atoms with E-state index in [1.807, 2.05) is 19.9 Å². The molecule has 0 spiro atoms. The number of aliphatic hydroxyl groups excluding tert-OH is 1. The lowest BCUT2D eigenvalue weighted by Crippen LogP contribution is -2.30. The zero-order chi connectivity index (χ0) is 14.3. The molecule has 0 radical (unpaired) electrons.